The Morgan fingerprint density at radius 2 is 2.06 bits per heavy atom. The average molecular weight is 235 g/mol. The smallest absolute Gasteiger partial charge is 0.175 e. The minimum atomic E-state index is 0.285. The third kappa shape index (κ3) is 1.62. The Bertz CT molecular complexity index is 373. The summed E-state index contributed by atoms with van der Waals surface area (Å²) >= 11 is 1.59. The van der Waals surface area contributed by atoms with Crippen LogP contribution in [0.5, 0.6) is 0 Å². The van der Waals surface area contributed by atoms with Gasteiger partial charge in [-0.1, -0.05) is 6.07 Å². The topological polar surface area (TPSA) is 20.3 Å². The summed E-state index contributed by atoms with van der Waals surface area (Å²) in [5, 5.41) is 2.00. The zero-order valence-electron chi connectivity index (χ0n) is 9.56. The second kappa shape index (κ2) is 3.97. The number of hydrogen-bond donors (Lipinski definition) is 0. The number of nitrogens with zero attached hydrogens (tertiary/aromatic N) is 1. The molecule has 1 aromatic heterocycles. The van der Waals surface area contributed by atoms with Crippen molar-refractivity contribution in [3.05, 3.63) is 22.4 Å². The number of carbonyl (C=O) groups is 1. The standard InChI is InChI=1S/C13H17NOS/c1-14-10-4-5-11(14)8-9(7-10)13(15)12-3-2-6-16-12/h2-3,6,9-11H,4-5,7-8H2,1H3. The largest absolute Gasteiger partial charge is 0.300 e. The van der Waals surface area contributed by atoms with Gasteiger partial charge < -0.3 is 4.90 Å². The fourth-order valence-electron chi connectivity index (χ4n) is 3.25. The van der Waals surface area contributed by atoms with Crippen LogP contribution in [0.15, 0.2) is 17.5 Å². The van der Waals surface area contributed by atoms with Crippen molar-refractivity contribution in [1.29, 1.82) is 0 Å². The average Bonchev–Trinajstić information content (AvgIpc) is 2.85. The van der Waals surface area contributed by atoms with Crippen LogP contribution in [0.2, 0.25) is 0 Å². The minimum absolute atomic E-state index is 0.285. The molecule has 16 heavy (non-hydrogen) atoms. The van der Waals surface area contributed by atoms with Crippen molar-refractivity contribution in [1.82, 2.24) is 4.90 Å². The number of Topliss-reactive ketones (excluding diaryl/α,β-unsaturated/α-hetero) is 1. The van der Waals surface area contributed by atoms with Crippen molar-refractivity contribution in [2.24, 2.45) is 5.92 Å². The molecule has 3 heterocycles. The van der Waals surface area contributed by atoms with Crippen LogP contribution in [0.3, 0.4) is 0 Å². The normalized spacial score (nSPS) is 34.2. The first-order valence-corrected chi connectivity index (χ1v) is 6.93. The minimum Gasteiger partial charge on any atom is -0.300 e. The highest BCUT2D eigenvalue weighted by atomic mass is 32.1. The van der Waals surface area contributed by atoms with Crippen LogP contribution in [0.1, 0.15) is 35.4 Å². The van der Waals surface area contributed by atoms with E-state index in [4.69, 9.17) is 0 Å². The maximum Gasteiger partial charge on any atom is 0.175 e. The number of fused-ring (bicyclic) bond motifs is 2. The molecule has 0 amide bonds. The van der Waals surface area contributed by atoms with Gasteiger partial charge in [0.2, 0.25) is 0 Å². The van der Waals surface area contributed by atoms with Crippen molar-refractivity contribution in [3.63, 3.8) is 0 Å². The molecule has 0 saturated carbocycles. The Balaban J connectivity index is 1.76. The summed E-state index contributed by atoms with van der Waals surface area (Å²) in [6.07, 6.45) is 4.72. The molecule has 3 heteroatoms. The predicted molar refractivity (Wildman–Crippen MR) is 65.9 cm³/mol. The molecule has 3 rings (SSSR count). The predicted octanol–water partition coefficient (Wildman–Crippen LogP) is 2.80. The van der Waals surface area contributed by atoms with E-state index in [1.165, 1.54) is 12.8 Å². The third-order valence-corrected chi connectivity index (χ3v) is 5.12. The lowest BCUT2D eigenvalue weighted by molar-refractivity contribution is 0.0771. The van der Waals surface area contributed by atoms with E-state index in [9.17, 15) is 4.79 Å². The van der Waals surface area contributed by atoms with Gasteiger partial charge in [-0.05, 0) is 44.2 Å². The molecule has 0 radical (unpaired) electrons. The van der Waals surface area contributed by atoms with Gasteiger partial charge in [0.25, 0.3) is 0 Å². The lowest BCUT2D eigenvalue weighted by Gasteiger charge is -2.35. The Hall–Kier alpha value is -0.670. The second-order valence-electron chi connectivity index (χ2n) is 5.06. The monoisotopic (exact) mass is 235 g/mol. The molecule has 2 unspecified atom stereocenters. The van der Waals surface area contributed by atoms with E-state index in [-0.39, 0.29) is 5.92 Å². The van der Waals surface area contributed by atoms with Gasteiger partial charge >= 0.3 is 0 Å². The van der Waals surface area contributed by atoms with Gasteiger partial charge in [-0.25, -0.2) is 0 Å². The maximum absolute atomic E-state index is 12.3. The number of thiophene rings is 1. The first kappa shape index (κ1) is 10.5. The Morgan fingerprint density at radius 3 is 2.62 bits per heavy atom. The number of piperidine rings is 1. The zero-order valence-corrected chi connectivity index (χ0v) is 10.4. The van der Waals surface area contributed by atoms with Crippen molar-refractivity contribution >= 4 is 17.1 Å². The molecule has 0 aromatic carbocycles. The first-order chi connectivity index (χ1) is 7.75. The molecular formula is C13H17NOS. The van der Waals surface area contributed by atoms with Crippen LogP contribution in [0.4, 0.5) is 0 Å². The summed E-state index contributed by atoms with van der Waals surface area (Å²) in [5.74, 6) is 0.673. The van der Waals surface area contributed by atoms with E-state index in [1.54, 1.807) is 11.3 Å². The van der Waals surface area contributed by atoms with Crippen LogP contribution in [0, 0.1) is 5.92 Å². The molecule has 2 atom stereocenters. The van der Waals surface area contributed by atoms with E-state index >= 15 is 0 Å². The molecule has 0 N–H and O–H groups in total. The quantitative estimate of drug-likeness (QED) is 0.735. The van der Waals surface area contributed by atoms with Gasteiger partial charge in [0, 0.05) is 18.0 Å². The lowest BCUT2D eigenvalue weighted by Crippen LogP contribution is -2.41. The molecule has 2 fully saturated rings. The SMILES string of the molecule is CN1C2CCC1CC(C(=O)c1cccs1)C2. The number of carbonyl (C=O) groups excluding carboxylic acids is 1. The van der Waals surface area contributed by atoms with Gasteiger partial charge in [-0.15, -0.1) is 11.3 Å². The molecule has 2 aliphatic heterocycles. The number of rotatable bonds is 2. The molecule has 2 bridgehead atoms. The highest BCUT2D eigenvalue weighted by molar-refractivity contribution is 7.12. The Kier molecular flexibility index (Phi) is 2.60. The van der Waals surface area contributed by atoms with Crippen LogP contribution < -0.4 is 0 Å². The molecule has 2 saturated heterocycles. The summed E-state index contributed by atoms with van der Waals surface area (Å²) in [6, 6.07) is 5.26. The lowest BCUT2D eigenvalue weighted by atomic mass is 9.87. The highest BCUT2D eigenvalue weighted by Gasteiger charge is 2.41. The maximum atomic E-state index is 12.3. The van der Waals surface area contributed by atoms with Gasteiger partial charge in [0.15, 0.2) is 5.78 Å². The summed E-state index contributed by atoms with van der Waals surface area (Å²) in [7, 11) is 2.22. The fraction of sp³-hybridized carbons (Fsp3) is 0.615. The van der Waals surface area contributed by atoms with Crippen LogP contribution in [0.25, 0.3) is 0 Å². The number of ketones is 1. The summed E-state index contributed by atoms with van der Waals surface area (Å²) < 4.78 is 0. The highest BCUT2D eigenvalue weighted by Crippen LogP contribution is 2.38. The molecule has 1 aromatic rings. The Labute approximate surface area is 100 Å². The van der Waals surface area contributed by atoms with Crippen molar-refractivity contribution in [2.45, 2.75) is 37.8 Å². The summed E-state index contributed by atoms with van der Waals surface area (Å²) in [5.41, 5.74) is 0. The van der Waals surface area contributed by atoms with Crippen molar-refractivity contribution < 1.29 is 4.79 Å². The van der Waals surface area contributed by atoms with Gasteiger partial charge in [-0.2, -0.15) is 0 Å². The van der Waals surface area contributed by atoms with Gasteiger partial charge in [-0.3, -0.25) is 4.79 Å². The number of hydrogen-bond acceptors (Lipinski definition) is 3. The Morgan fingerprint density at radius 1 is 1.38 bits per heavy atom. The zero-order chi connectivity index (χ0) is 11.1. The molecule has 86 valence electrons. The van der Waals surface area contributed by atoms with E-state index in [0.29, 0.717) is 17.9 Å². The molecule has 0 aliphatic carbocycles. The third-order valence-electron chi connectivity index (χ3n) is 4.23. The molecule has 2 aliphatic rings. The summed E-state index contributed by atoms with van der Waals surface area (Å²) in [4.78, 5) is 15.7. The van der Waals surface area contributed by atoms with Gasteiger partial charge in [0.05, 0.1) is 4.88 Å². The first-order valence-electron chi connectivity index (χ1n) is 6.05. The van der Waals surface area contributed by atoms with Crippen LogP contribution >= 0.6 is 11.3 Å². The molecule has 2 nitrogen and oxygen atoms in total. The van der Waals surface area contributed by atoms with Gasteiger partial charge in [0.1, 0.15) is 0 Å². The fourth-order valence-corrected chi connectivity index (χ4v) is 3.99. The van der Waals surface area contributed by atoms with Crippen molar-refractivity contribution in [2.75, 3.05) is 7.05 Å². The van der Waals surface area contributed by atoms with Crippen molar-refractivity contribution in [3.8, 4) is 0 Å². The van der Waals surface area contributed by atoms with E-state index in [2.05, 4.69) is 11.9 Å². The van der Waals surface area contributed by atoms with E-state index in [0.717, 1.165) is 17.7 Å². The second-order valence-corrected chi connectivity index (χ2v) is 6.01. The van der Waals surface area contributed by atoms with E-state index < -0.39 is 0 Å². The molecular weight excluding hydrogens is 218 g/mol. The van der Waals surface area contributed by atoms with Crippen LogP contribution in [-0.4, -0.2) is 29.8 Å². The molecule has 0 spiro atoms. The van der Waals surface area contributed by atoms with Crippen LogP contribution in [-0.2, 0) is 0 Å². The summed E-state index contributed by atoms with van der Waals surface area (Å²) in [6.45, 7) is 0. The van der Waals surface area contributed by atoms with E-state index in [1.807, 2.05) is 17.5 Å².